The van der Waals surface area contributed by atoms with Crippen molar-refractivity contribution in [1.82, 2.24) is 0 Å². The minimum absolute atomic E-state index is 0.313. The molecule has 5 nitrogen and oxygen atoms in total. The van der Waals surface area contributed by atoms with Crippen LogP contribution in [0, 0.1) is 10.1 Å². The third kappa shape index (κ3) is 2.76. The van der Waals surface area contributed by atoms with Gasteiger partial charge in [-0.15, -0.1) is 0 Å². The van der Waals surface area contributed by atoms with E-state index in [9.17, 15) is 10.1 Å². The van der Waals surface area contributed by atoms with E-state index in [1.165, 1.54) is 0 Å². The molecule has 0 N–H and O–H groups in total. The third-order valence-corrected chi connectivity index (χ3v) is 3.49. The highest BCUT2D eigenvalue weighted by Gasteiger charge is 2.44. The summed E-state index contributed by atoms with van der Waals surface area (Å²) in [5, 5.41) is 15.4. The van der Waals surface area contributed by atoms with Crippen LogP contribution in [0.5, 0.6) is 0 Å². The van der Waals surface area contributed by atoms with E-state index in [0.29, 0.717) is 12.1 Å². The van der Waals surface area contributed by atoms with Gasteiger partial charge in [-0.1, -0.05) is 65.8 Å². The summed E-state index contributed by atoms with van der Waals surface area (Å²) in [6, 6.07) is 17.8. The lowest BCUT2D eigenvalue weighted by atomic mass is 9.96. The van der Waals surface area contributed by atoms with Gasteiger partial charge in [0.15, 0.2) is 0 Å². The molecule has 0 bridgehead atoms. The van der Waals surface area contributed by atoms with Gasteiger partial charge >= 0.3 is 0 Å². The topological polar surface area (TPSA) is 64.7 Å². The van der Waals surface area contributed by atoms with Gasteiger partial charge in [-0.05, 0) is 5.56 Å². The Morgan fingerprint density at radius 1 is 1.05 bits per heavy atom. The first-order valence-electron chi connectivity index (χ1n) is 6.70. The van der Waals surface area contributed by atoms with Gasteiger partial charge in [-0.2, -0.15) is 0 Å². The lowest BCUT2D eigenvalue weighted by molar-refractivity contribution is -0.513. The quantitative estimate of drug-likeness (QED) is 0.639. The molecule has 2 aromatic rings. The highest BCUT2D eigenvalue weighted by molar-refractivity contribution is 5.91. The Morgan fingerprint density at radius 2 is 1.67 bits per heavy atom. The molecular weight excluding hydrogens is 268 g/mol. The molecule has 21 heavy (non-hydrogen) atoms. The highest BCUT2D eigenvalue weighted by Crippen LogP contribution is 2.30. The van der Waals surface area contributed by atoms with Crippen molar-refractivity contribution in [1.29, 1.82) is 0 Å². The van der Waals surface area contributed by atoms with Gasteiger partial charge in [0.1, 0.15) is 5.71 Å². The van der Waals surface area contributed by atoms with Crippen LogP contribution in [0.15, 0.2) is 65.8 Å². The Bertz CT molecular complexity index is 656. The molecule has 1 heterocycles. The zero-order valence-corrected chi connectivity index (χ0v) is 11.3. The fourth-order valence-electron chi connectivity index (χ4n) is 2.47. The lowest BCUT2D eigenvalue weighted by Gasteiger charge is -2.12. The van der Waals surface area contributed by atoms with Crippen molar-refractivity contribution in [2.45, 2.75) is 18.6 Å². The van der Waals surface area contributed by atoms with Crippen LogP contribution in [0.4, 0.5) is 0 Å². The average Bonchev–Trinajstić information content (AvgIpc) is 2.93. The number of rotatable bonds is 4. The number of benzene rings is 2. The summed E-state index contributed by atoms with van der Waals surface area (Å²) in [6.07, 6.45) is -0.226. The van der Waals surface area contributed by atoms with Gasteiger partial charge in [0.25, 0.3) is 6.04 Å². The van der Waals surface area contributed by atoms with E-state index in [0.717, 1.165) is 11.1 Å². The molecule has 2 aromatic carbocycles. The van der Waals surface area contributed by atoms with Gasteiger partial charge in [-0.3, -0.25) is 10.1 Å². The molecule has 0 amide bonds. The minimum atomic E-state index is -0.937. The van der Waals surface area contributed by atoms with Crippen molar-refractivity contribution in [3.8, 4) is 0 Å². The van der Waals surface area contributed by atoms with Crippen LogP contribution in [0.2, 0.25) is 0 Å². The van der Waals surface area contributed by atoms with E-state index < -0.39 is 12.1 Å². The molecule has 3 rings (SSSR count). The van der Waals surface area contributed by atoms with E-state index >= 15 is 0 Å². The molecule has 2 unspecified atom stereocenters. The van der Waals surface area contributed by atoms with Crippen molar-refractivity contribution in [3.05, 3.63) is 81.9 Å². The number of hydrogen-bond acceptors (Lipinski definition) is 4. The molecule has 0 saturated carbocycles. The molecule has 106 valence electrons. The van der Waals surface area contributed by atoms with Crippen LogP contribution in [0.1, 0.15) is 17.2 Å². The lowest BCUT2D eigenvalue weighted by Crippen LogP contribution is -2.33. The SMILES string of the molecule is O=[N+]([O-])C1C(Cc2ccccc2)=NOC1c1ccccc1. The van der Waals surface area contributed by atoms with Crippen LogP contribution in [0.3, 0.4) is 0 Å². The summed E-state index contributed by atoms with van der Waals surface area (Å²) in [5.41, 5.74) is 2.21. The average molecular weight is 282 g/mol. The number of oxime groups is 1. The van der Waals surface area contributed by atoms with Crippen molar-refractivity contribution in [3.63, 3.8) is 0 Å². The maximum atomic E-state index is 11.4. The first-order valence-corrected chi connectivity index (χ1v) is 6.70. The Balaban J connectivity index is 1.84. The summed E-state index contributed by atoms with van der Waals surface area (Å²) in [4.78, 5) is 16.5. The maximum absolute atomic E-state index is 11.4. The first-order chi connectivity index (χ1) is 10.3. The minimum Gasteiger partial charge on any atom is -0.380 e. The Kier molecular flexibility index (Phi) is 3.64. The van der Waals surface area contributed by atoms with Crippen molar-refractivity contribution < 1.29 is 9.76 Å². The molecule has 1 aliphatic rings. The molecule has 0 aliphatic carbocycles. The molecular formula is C16H14N2O3. The molecule has 5 heteroatoms. The van der Waals surface area contributed by atoms with Crippen molar-refractivity contribution in [2.24, 2.45) is 5.16 Å². The van der Waals surface area contributed by atoms with Crippen molar-refractivity contribution >= 4 is 5.71 Å². The summed E-state index contributed by atoms with van der Waals surface area (Å²) in [6.45, 7) is 0. The van der Waals surface area contributed by atoms with Crippen LogP contribution in [-0.2, 0) is 11.3 Å². The standard InChI is InChI=1S/C16H14N2O3/c19-18(20)15-14(11-12-7-3-1-4-8-12)17-21-16(15)13-9-5-2-6-10-13/h1-10,15-16H,11H2. The highest BCUT2D eigenvalue weighted by atomic mass is 16.7. The Hall–Kier alpha value is -2.69. The van der Waals surface area contributed by atoms with Crippen LogP contribution >= 0.6 is 0 Å². The molecule has 1 aliphatic heterocycles. The van der Waals surface area contributed by atoms with E-state index in [-0.39, 0.29) is 4.92 Å². The van der Waals surface area contributed by atoms with Gasteiger partial charge in [0, 0.05) is 16.9 Å². The molecule has 0 fully saturated rings. The maximum Gasteiger partial charge on any atom is 0.297 e. The number of nitrogens with zero attached hydrogens (tertiary/aromatic N) is 2. The normalized spacial score (nSPS) is 20.7. The smallest absolute Gasteiger partial charge is 0.297 e. The summed E-state index contributed by atoms with van der Waals surface area (Å²) in [7, 11) is 0. The second kappa shape index (κ2) is 5.75. The summed E-state index contributed by atoms with van der Waals surface area (Å²) < 4.78 is 0. The monoisotopic (exact) mass is 282 g/mol. The zero-order valence-electron chi connectivity index (χ0n) is 11.3. The molecule has 0 radical (unpaired) electrons. The molecule has 0 spiro atoms. The second-order valence-corrected chi connectivity index (χ2v) is 4.91. The van der Waals surface area contributed by atoms with Crippen LogP contribution in [-0.4, -0.2) is 16.7 Å². The van der Waals surface area contributed by atoms with E-state index in [1.807, 2.05) is 60.7 Å². The van der Waals surface area contributed by atoms with Gasteiger partial charge < -0.3 is 4.84 Å². The van der Waals surface area contributed by atoms with E-state index in [2.05, 4.69) is 5.16 Å². The third-order valence-electron chi connectivity index (χ3n) is 3.49. The van der Waals surface area contributed by atoms with Crippen LogP contribution < -0.4 is 0 Å². The largest absolute Gasteiger partial charge is 0.380 e. The summed E-state index contributed by atoms with van der Waals surface area (Å²) >= 11 is 0. The van der Waals surface area contributed by atoms with Crippen LogP contribution in [0.25, 0.3) is 0 Å². The summed E-state index contributed by atoms with van der Waals surface area (Å²) in [5.74, 6) is 0. The zero-order chi connectivity index (χ0) is 14.7. The first kappa shape index (κ1) is 13.3. The molecule has 0 saturated heterocycles. The Morgan fingerprint density at radius 3 is 2.29 bits per heavy atom. The predicted molar refractivity (Wildman–Crippen MR) is 78.6 cm³/mol. The Labute approximate surface area is 122 Å². The van der Waals surface area contributed by atoms with E-state index in [4.69, 9.17) is 4.84 Å². The number of hydrogen-bond donors (Lipinski definition) is 0. The predicted octanol–water partition coefficient (Wildman–Crippen LogP) is 3.00. The second-order valence-electron chi connectivity index (χ2n) is 4.91. The van der Waals surface area contributed by atoms with Crippen molar-refractivity contribution in [2.75, 3.05) is 0 Å². The van der Waals surface area contributed by atoms with E-state index in [1.54, 1.807) is 0 Å². The van der Waals surface area contributed by atoms with Gasteiger partial charge in [-0.25, -0.2) is 0 Å². The number of nitro groups is 1. The fraction of sp³-hybridized carbons (Fsp3) is 0.188. The van der Waals surface area contributed by atoms with Gasteiger partial charge in [0.2, 0.25) is 6.10 Å². The fourth-order valence-corrected chi connectivity index (χ4v) is 2.47. The molecule has 2 atom stereocenters. The van der Waals surface area contributed by atoms with Gasteiger partial charge in [0.05, 0.1) is 0 Å². The molecule has 0 aromatic heterocycles.